The van der Waals surface area contributed by atoms with Crippen LogP contribution in [0.1, 0.15) is 60.8 Å². The monoisotopic (exact) mass is 182 g/mol. The van der Waals surface area contributed by atoms with Gasteiger partial charge in [0.2, 0.25) is 0 Å². The molecule has 0 aliphatic heterocycles. The molecular weight excluding hydrogens is 156 g/mol. The molecule has 0 unspecified atom stereocenters. The molecule has 0 aromatic carbocycles. The van der Waals surface area contributed by atoms with E-state index in [0.717, 1.165) is 0 Å². The lowest BCUT2D eigenvalue weighted by Crippen LogP contribution is -2.07. The van der Waals surface area contributed by atoms with Crippen molar-refractivity contribution in [3.05, 3.63) is 11.6 Å². The molecule has 0 atom stereocenters. The Balaban J connectivity index is 4.26. The lowest BCUT2D eigenvalue weighted by atomic mass is 9.85. The van der Waals surface area contributed by atoms with Crippen molar-refractivity contribution in [3.8, 4) is 0 Å². The normalized spacial score (nSPS) is 13.9. The topological polar surface area (TPSA) is 0 Å². The van der Waals surface area contributed by atoms with E-state index in [9.17, 15) is 0 Å². The van der Waals surface area contributed by atoms with Gasteiger partial charge in [-0.3, -0.25) is 0 Å². The van der Waals surface area contributed by atoms with Gasteiger partial charge in [0.15, 0.2) is 0 Å². The summed E-state index contributed by atoms with van der Waals surface area (Å²) in [5.41, 5.74) is 2.08. The zero-order valence-corrected chi connectivity index (χ0v) is 10.3. The van der Waals surface area contributed by atoms with Gasteiger partial charge in [0, 0.05) is 0 Å². The van der Waals surface area contributed by atoms with Gasteiger partial charge in [-0.2, -0.15) is 0 Å². The maximum Gasteiger partial charge on any atom is -0.0271 e. The second kappa shape index (κ2) is 5.47. The summed E-state index contributed by atoms with van der Waals surface area (Å²) in [5.74, 6) is 0.698. The Morgan fingerprint density at radius 3 is 2.08 bits per heavy atom. The fraction of sp³-hybridized carbons (Fsp3) is 0.846. The minimum absolute atomic E-state index is 0.440. The number of rotatable bonds is 4. The van der Waals surface area contributed by atoms with Gasteiger partial charge in [-0.1, -0.05) is 59.6 Å². The zero-order valence-electron chi connectivity index (χ0n) is 10.3. The fourth-order valence-corrected chi connectivity index (χ4v) is 1.70. The zero-order chi connectivity index (χ0) is 10.5. The summed E-state index contributed by atoms with van der Waals surface area (Å²) in [6, 6.07) is 0. The number of allylic oxidation sites excluding steroid dienone is 2. The van der Waals surface area contributed by atoms with E-state index in [2.05, 4.69) is 47.6 Å². The fourth-order valence-electron chi connectivity index (χ4n) is 1.70. The summed E-state index contributed by atoms with van der Waals surface area (Å²) in [7, 11) is 0. The predicted molar refractivity (Wildman–Crippen MR) is 61.9 cm³/mol. The SMILES string of the molecule is CCCC(=CC(C)C)CC(C)(C)C. The van der Waals surface area contributed by atoms with Crippen molar-refractivity contribution in [2.24, 2.45) is 11.3 Å². The molecular formula is C13H26. The third-order valence-electron chi connectivity index (χ3n) is 1.90. The van der Waals surface area contributed by atoms with Gasteiger partial charge in [-0.15, -0.1) is 0 Å². The van der Waals surface area contributed by atoms with Crippen LogP contribution in [0.25, 0.3) is 0 Å². The first-order chi connectivity index (χ1) is 5.85. The largest absolute Gasteiger partial charge is 0.0827 e. The van der Waals surface area contributed by atoms with Gasteiger partial charge in [0.1, 0.15) is 0 Å². The van der Waals surface area contributed by atoms with Crippen molar-refractivity contribution in [2.75, 3.05) is 0 Å². The summed E-state index contributed by atoms with van der Waals surface area (Å²) in [4.78, 5) is 0. The lowest BCUT2D eigenvalue weighted by Gasteiger charge is -2.21. The second-order valence-corrected chi connectivity index (χ2v) is 5.56. The molecule has 0 spiro atoms. The van der Waals surface area contributed by atoms with Gasteiger partial charge in [-0.25, -0.2) is 0 Å². The van der Waals surface area contributed by atoms with Crippen LogP contribution in [0.15, 0.2) is 11.6 Å². The molecule has 0 saturated carbocycles. The second-order valence-electron chi connectivity index (χ2n) is 5.56. The molecule has 0 nitrogen and oxygen atoms in total. The van der Waals surface area contributed by atoms with Crippen molar-refractivity contribution in [3.63, 3.8) is 0 Å². The smallest absolute Gasteiger partial charge is 0.0271 e. The summed E-state index contributed by atoms with van der Waals surface area (Å²) in [5, 5.41) is 0. The average molecular weight is 182 g/mol. The van der Waals surface area contributed by atoms with Gasteiger partial charge in [0.25, 0.3) is 0 Å². The minimum atomic E-state index is 0.440. The highest BCUT2D eigenvalue weighted by atomic mass is 14.2. The molecule has 0 heteroatoms. The Morgan fingerprint density at radius 1 is 1.23 bits per heavy atom. The summed E-state index contributed by atoms with van der Waals surface area (Å²) in [6.07, 6.45) is 6.23. The van der Waals surface area contributed by atoms with Crippen LogP contribution in [0.5, 0.6) is 0 Å². The van der Waals surface area contributed by atoms with Crippen molar-refractivity contribution < 1.29 is 0 Å². The van der Waals surface area contributed by atoms with Crippen LogP contribution in [0.2, 0.25) is 0 Å². The molecule has 0 saturated heterocycles. The highest BCUT2D eigenvalue weighted by Gasteiger charge is 2.12. The minimum Gasteiger partial charge on any atom is -0.0827 e. The molecule has 0 rings (SSSR count). The van der Waals surface area contributed by atoms with E-state index in [1.54, 1.807) is 5.57 Å². The predicted octanol–water partition coefficient (Wildman–Crippen LogP) is 4.81. The van der Waals surface area contributed by atoms with E-state index in [0.29, 0.717) is 11.3 Å². The maximum atomic E-state index is 2.44. The van der Waals surface area contributed by atoms with Crippen LogP contribution in [0.3, 0.4) is 0 Å². The van der Waals surface area contributed by atoms with Gasteiger partial charge < -0.3 is 0 Å². The summed E-state index contributed by atoms with van der Waals surface area (Å²) < 4.78 is 0. The average Bonchev–Trinajstić information content (AvgIpc) is 1.81. The van der Waals surface area contributed by atoms with Crippen LogP contribution in [-0.2, 0) is 0 Å². The Labute approximate surface area is 84.4 Å². The molecule has 0 bridgehead atoms. The van der Waals surface area contributed by atoms with Crippen LogP contribution >= 0.6 is 0 Å². The lowest BCUT2D eigenvalue weighted by molar-refractivity contribution is 0.402. The van der Waals surface area contributed by atoms with E-state index in [1.807, 2.05) is 0 Å². The first-order valence-corrected chi connectivity index (χ1v) is 5.54. The van der Waals surface area contributed by atoms with Gasteiger partial charge in [0.05, 0.1) is 0 Å². The first kappa shape index (κ1) is 12.7. The van der Waals surface area contributed by atoms with Crippen LogP contribution in [0, 0.1) is 11.3 Å². The van der Waals surface area contributed by atoms with E-state index < -0.39 is 0 Å². The summed E-state index contributed by atoms with van der Waals surface area (Å²) >= 11 is 0. The maximum absolute atomic E-state index is 2.44. The van der Waals surface area contributed by atoms with Crippen LogP contribution in [-0.4, -0.2) is 0 Å². The third kappa shape index (κ3) is 8.08. The Hall–Kier alpha value is -0.260. The number of hydrogen-bond donors (Lipinski definition) is 0. The van der Waals surface area contributed by atoms with Crippen LogP contribution < -0.4 is 0 Å². The molecule has 0 aliphatic carbocycles. The van der Waals surface area contributed by atoms with E-state index >= 15 is 0 Å². The Kier molecular flexibility index (Phi) is 5.36. The van der Waals surface area contributed by atoms with Gasteiger partial charge >= 0.3 is 0 Å². The van der Waals surface area contributed by atoms with E-state index in [1.165, 1.54) is 19.3 Å². The van der Waals surface area contributed by atoms with Gasteiger partial charge in [-0.05, 0) is 24.2 Å². The molecule has 0 amide bonds. The van der Waals surface area contributed by atoms with E-state index in [-0.39, 0.29) is 0 Å². The van der Waals surface area contributed by atoms with E-state index in [4.69, 9.17) is 0 Å². The van der Waals surface area contributed by atoms with Crippen molar-refractivity contribution in [1.29, 1.82) is 0 Å². The third-order valence-corrected chi connectivity index (χ3v) is 1.90. The molecule has 0 fully saturated rings. The van der Waals surface area contributed by atoms with Crippen molar-refractivity contribution in [2.45, 2.75) is 60.8 Å². The molecule has 0 heterocycles. The number of hydrogen-bond acceptors (Lipinski definition) is 0. The first-order valence-electron chi connectivity index (χ1n) is 5.54. The molecule has 0 aromatic heterocycles. The highest BCUT2D eigenvalue weighted by Crippen LogP contribution is 2.27. The molecule has 0 N–H and O–H groups in total. The van der Waals surface area contributed by atoms with Crippen molar-refractivity contribution in [1.82, 2.24) is 0 Å². The molecule has 0 radical (unpaired) electrons. The summed E-state index contributed by atoms with van der Waals surface area (Å²) in [6.45, 7) is 13.7. The standard InChI is InChI=1S/C13H26/c1-7-8-12(9-11(2)3)10-13(4,5)6/h9,11H,7-8,10H2,1-6H3. The quantitative estimate of drug-likeness (QED) is 0.548. The highest BCUT2D eigenvalue weighted by molar-refractivity contribution is 5.05. The molecule has 0 aliphatic rings. The van der Waals surface area contributed by atoms with Crippen molar-refractivity contribution >= 4 is 0 Å². The Bertz CT molecular complexity index is 155. The molecule has 0 aromatic rings. The van der Waals surface area contributed by atoms with Crippen LogP contribution in [0.4, 0.5) is 0 Å². The molecule has 78 valence electrons. The Morgan fingerprint density at radius 2 is 1.77 bits per heavy atom. The molecule has 13 heavy (non-hydrogen) atoms.